The van der Waals surface area contributed by atoms with E-state index in [1.165, 1.54) is 18.3 Å². The van der Waals surface area contributed by atoms with Gasteiger partial charge in [-0.3, -0.25) is 20.0 Å². The van der Waals surface area contributed by atoms with Crippen LogP contribution in [0.1, 0.15) is 73.4 Å². The molecule has 1 unspecified atom stereocenters. The van der Waals surface area contributed by atoms with Crippen LogP contribution in [0.15, 0.2) is 73.1 Å². The van der Waals surface area contributed by atoms with Gasteiger partial charge in [-0.25, -0.2) is 24.8 Å². The van der Waals surface area contributed by atoms with Crippen LogP contribution in [0.2, 0.25) is 0 Å². The minimum Gasteiger partial charge on any atom is -0.480 e. The normalized spacial score (nSPS) is 11.6. The van der Waals surface area contributed by atoms with Gasteiger partial charge < -0.3 is 25.2 Å². The van der Waals surface area contributed by atoms with Crippen LogP contribution in [0.3, 0.4) is 0 Å². The summed E-state index contributed by atoms with van der Waals surface area (Å²) < 4.78 is 10.3. The van der Waals surface area contributed by atoms with E-state index in [1.54, 1.807) is 84.1 Å². The summed E-state index contributed by atoms with van der Waals surface area (Å²) in [5.41, 5.74) is 6.63. The number of carbonyl (C=O) groups excluding carboxylic acids is 4. The number of nitrogens with zero attached hydrogens (tertiary/aromatic N) is 2. The fraction of sp³-hybridized carbons (Fsp3) is 0.270. The minimum absolute atomic E-state index is 0.209. The molecular weight excluding hydrogens is 656 g/mol. The van der Waals surface area contributed by atoms with Crippen LogP contribution < -0.4 is 21.5 Å². The van der Waals surface area contributed by atoms with E-state index in [4.69, 9.17) is 9.47 Å². The Labute approximate surface area is 294 Å². The van der Waals surface area contributed by atoms with Crippen molar-refractivity contribution < 1.29 is 38.6 Å². The number of carbonyl (C=O) groups is 5. The highest BCUT2D eigenvalue weighted by molar-refractivity contribution is 6.07. The highest BCUT2D eigenvalue weighted by atomic mass is 16.6. The zero-order chi connectivity index (χ0) is 37.3. The number of amides is 4. The Morgan fingerprint density at radius 3 is 1.96 bits per heavy atom. The van der Waals surface area contributed by atoms with E-state index in [2.05, 4.69) is 43.3 Å². The van der Waals surface area contributed by atoms with E-state index in [0.29, 0.717) is 33.3 Å². The lowest BCUT2D eigenvalue weighted by Gasteiger charge is -2.21. The van der Waals surface area contributed by atoms with E-state index in [-0.39, 0.29) is 17.7 Å². The van der Waals surface area contributed by atoms with Gasteiger partial charge in [0.25, 0.3) is 11.8 Å². The molecule has 0 saturated carbocycles. The smallest absolute Gasteiger partial charge is 0.426 e. The second kappa shape index (κ2) is 15.8. The maximum absolute atomic E-state index is 13.1. The van der Waals surface area contributed by atoms with Gasteiger partial charge in [-0.2, -0.15) is 0 Å². The van der Waals surface area contributed by atoms with E-state index in [1.807, 2.05) is 12.1 Å². The van der Waals surface area contributed by atoms with Crippen molar-refractivity contribution in [2.75, 3.05) is 6.54 Å². The number of benzene rings is 2. The molecule has 2 aromatic heterocycles. The molecule has 2 aromatic carbocycles. The Hall–Kier alpha value is -6.49. The summed E-state index contributed by atoms with van der Waals surface area (Å²) in [5.74, 6) is 3.55. The molecule has 264 valence electrons. The molecule has 0 aliphatic heterocycles. The average molecular weight is 695 g/mol. The van der Waals surface area contributed by atoms with Crippen molar-refractivity contribution in [2.24, 2.45) is 0 Å². The molecule has 0 fully saturated rings. The molecule has 51 heavy (non-hydrogen) atoms. The average Bonchev–Trinajstić information content (AvgIpc) is 3.06. The summed E-state index contributed by atoms with van der Waals surface area (Å²) in [6.45, 7) is 9.78. The van der Waals surface area contributed by atoms with Crippen LogP contribution in [0, 0.1) is 11.8 Å². The molecule has 2 heterocycles. The first-order valence-corrected chi connectivity index (χ1v) is 15.7. The Balaban J connectivity index is 1.42. The number of carboxylic acid groups (broad SMARTS) is 1. The summed E-state index contributed by atoms with van der Waals surface area (Å²) >= 11 is 0. The molecule has 0 aliphatic carbocycles. The topological polar surface area (TPSA) is 198 Å². The van der Waals surface area contributed by atoms with Crippen molar-refractivity contribution in [1.29, 1.82) is 0 Å². The molecule has 4 rings (SSSR count). The number of fused-ring (bicyclic) bond motifs is 1. The number of hydrogen-bond donors (Lipinski definition) is 5. The van der Waals surface area contributed by atoms with Gasteiger partial charge in [0.1, 0.15) is 17.2 Å². The van der Waals surface area contributed by atoms with Gasteiger partial charge in [-0.1, -0.05) is 24.0 Å². The molecule has 14 heteroatoms. The van der Waals surface area contributed by atoms with Crippen LogP contribution in [-0.4, -0.2) is 68.8 Å². The van der Waals surface area contributed by atoms with Crippen LogP contribution >= 0.6 is 0 Å². The minimum atomic E-state index is -1.38. The molecule has 4 amide bonds. The number of pyridine rings is 2. The highest BCUT2D eigenvalue weighted by Crippen LogP contribution is 2.25. The third-order valence-corrected chi connectivity index (χ3v) is 6.66. The fourth-order valence-electron chi connectivity index (χ4n) is 4.40. The first-order chi connectivity index (χ1) is 24.0. The van der Waals surface area contributed by atoms with Crippen LogP contribution in [0.4, 0.5) is 9.59 Å². The Morgan fingerprint density at radius 1 is 0.784 bits per heavy atom. The quantitative estimate of drug-likeness (QED) is 0.135. The predicted molar refractivity (Wildman–Crippen MR) is 187 cm³/mol. The van der Waals surface area contributed by atoms with Gasteiger partial charge in [0.2, 0.25) is 0 Å². The Bertz CT molecular complexity index is 2000. The number of ether oxygens (including phenoxy) is 2. The van der Waals surface area contributed by atoms with Gasteiger partial charge in [-0.05, 0) is 90.1 Å². The molecule has 5 N–H and O–H groups in total. The molecular formula is C37H38N6O8. The first kappa shape index (κ1) is 37.3. The summed E-state index contributed by atoms with van der Waals surface area (Å²) in [4.78, 5) is 70.2. The van der Waals surface area contributed by atoms with Crippen LogP contribution in [0.5, 0.6) is 0 Å². The summed E-state index contributed by atoms with van der Waals surface area (Å²) in [6.07, 6.45) is 1.48. The molecule has 4 aromatic rings. The fourth-order valence-corrected chi connectivity index (χ4v) is 4.40. The number of hydrogen-bond acceptors (Lipinski definition) is 9. The maximum Gasteiger partial charge on any atom is 0.426 e. The van der Waals surface area contributed by atoms with Crippen molar-refractivity contribution in [1.82, 2.24) is 31.5 Å². The Kier molecular flexibility index (Phi) is 11.6. The van der Waals surface area contributed by atoms with Crippen molar-refractivity contribution in [3.8, 4) is 23.1 Å². The molecule has 0 bridgehead atoms. The van der Waals surface area contributed by atoms with Crippen molar-refractivity contribution in [2.45, 2.75) is 58.8 Å². The summed E-state index contributed by atoms with van der Waals surface area (Å²) in [6, 6.07) is 15.4. The molecule has 1 atom stereocenters. The second-order valence-corrected chi connectivity index (χ2v) is 13.2. The number of carboxylic acids is 1. The second-order valence-electron chi connectivity index (χ2n) is 13.2. The lowest BCUT2D eigenvalue weighted by Crippen LogP contribution is -2.49. The lowest BCUT2D eigenvalue weighted by molar-refractivity contribution is -0.139. The zero-order valence-corrected chi connectivity index (χ0v) is 28.9. The van der Waals surface area contributed by atoms with Gasteiger partial charge >= 0.3 is 18.2 Å². The van der Waals surface area contributed by atoms with Crippen molar-refractivity contribution in [3.63, 3.8) is 0 Å². The zero-order valence-electron chi connectivity index (χ0n) is 28.9. The van der Waals surface area contributed by atoms with Gasteiger partial charge in [0.15, 0.2) is 0 Å². The highest BCUT2D eigenvalue weighted by Gasteiger charge is 2.24. The number of rotatable bonds is 7. The number of aromatic nitrogens is 2. The van der Waals surface area contributed by atoms with Crippen molar-refractivity contribution in [3.05, 3.63) is 95.3 Å². The third-order valence-electron chi connectivity index (χ3n) is 6.66. The first-order valence-electron chi connectivity index (χ1n) is 15.7. The van der Waals surface area contributed by atoms with Crippen LogP contribution in [-0.2, 0) is 14.3 Å². The van der Waals surface area contributed by atoms with Crippen LogP contribution in [0.25, 0.3) is 22.2 Å². The predicted octanol–water partition coefficient (Wildman–Crippen LogP) is 4.57. The Morgan fingerprint density at radius 2 is 1.37 bits per heavy atom. The largest absolute Gasteiger partial charge is 0.480 e. The van der Waals surface area contributed by atoms with Gasteiger partial charge in [-0.15, -0.1) is 0 Å². The molecule has 14 nitrogen and oxygen atoms in total. The lowest BCUT2D eigenvalue weighted by atomic mass is 10.0. The van der Waals surface area contributed by atoms with E-state index < -0.39 is 47.2 Å². The van der Waals surface area contributed by atoms with Crippen molar-refractivity contribution >= 4 is 40.9 Å². The molecule has 0 aliphatic rings. The van der Waals surface area contributed by atoms with Gasteiger partial charge in [0.05, 0.1) is 23.3 Å². The maximum atomic E-state index is 13.1. The third kappa shape index (κ3) is 11.3. The standard InChI is InChI=1S/C37H38N6O8/c1-36(2,3)50-34(48)39-21-30(33(46)47)41-31(44)25-15-11-23(12-16-25)8-7-22-9-13-24(14-10-22)29-19-26(27-20-38-18-17-28(27)40-29)32(45)42-43-35(49)51-37(4,5)6/h9-20,30H,21H2,1-6H3,(H,39,48)(H,41,44)(H,42,45)(H,43,49)(H,46,47). The molecule has 0 saturated heterocycles. The SMILES string of the molecule is CC(C)(C)OC(=O)NCC(NC(=O)c1ccc(C#Cc2ccc(-c3cc(C(=O)NNC(=O)OC(C)(C)C)c4cnccc4n3)cc2)cc1)C(=O)O. The summed E-state index contributed by atoms with van der Waals surface area (Å²) in [7, 11) is 0. The summed E-state index contributed by atoms with van der Waals surface area (Å²) in [5, 5.41) is 14.7. The van der Waals surface area contributed by atoms with E-state index in [9.17, 15) is 29.1 Å². The number of alkyl carbamates (subject to hydrolysis) is 1. The number of aliphatic carboxylic acids is 1. The van der Waals surface area contributed by atoms with Gasteiger partial charge in [0, 0.05) is 40.0 Å². The number of hydrazine groups is 1. The molecule has 0 spiro atoms. The molecule has 0 radical (unpaired) electrons. The number of nitrogens with one attached hydrogen (secondary N) is 4. The van der Waals surface area contributed by atoms with E-state index in [0.717, 1.165) is 0 Å². The van der Waals surface area contributed by atoms with E-state index >= 15 is 0 Å². The monoisotopic (exact) mass is 694 g/mol.